The Morgan fingerprint density at radius 2 is 2.40 bits per heavy atom. The van der Waals surface area contributed by atoms with Crippen molar-refractivity contribution in [1.82, 2.24) is 20.3 Å². The molecule has 1 aliphatic rings. The number of carbonyl (C=O) groups excluding carboxylic acids is 1. The van der Waals surface area contributed by atoms with Gasteiger partial charge in [0.05, 0.1) is 6.20 Å². The van der Waals surface area contributed by atoms with Crippen LogP contribution in [0.1, 0.15) is 43.1 Å². The molecule has 5 heteroatoms. The van der Waals surface area contributed by atoms with Crippen LogP contribution in [0.15, 0.2) is 6.20 Å². The maximum atomic E-state index is 12.0. The summed E-state index contributed by atoms with van der Waals surface area (Å²) in [7, 11) is 0. The van der Waals surface area contributed by atoms with E-state index in [0.29, 0.717) is 11.7 Å². The highest BCUT2D eigenvalue weighted by Gasteiger charge is 2.24. The van der Waals surface area contributed by atoms with E-state index < -0.39 is 0 Å². The van der Waals surface area contributed by atoms with Crippen LogP contribution in [0.5, 0.6) is 0 Å². The van der Waals surface area contributed by atoms with Crippen molar-refractivity contribution in [1.29, 1.82) is 0 Å². The number of hydrogen-bond donors (Lipinski definition) is 1. The zero-order valence-electron chi connectivity index (χ0n) is 8.94. The summed E-state index contributed by atoms with van der Waals surface area (Å²) in [6.07, 6.45) is 6.09. The van der Waals surface area contributed by atoms with Gasteiger partial charge >= 0.3 is 0 Å². The molecule has 15 heavy (non-hydrogen) atoms. The predicted octanol–water partition coefficient (Wildman–Crippen LogP) is 1.21. The van der Waals surface area contributed by atoms with Gasteiger partial charge in [0.1, 0.15) is 0 Å². The van der Waals surface area contributed by atoms with Crippen molar-refractivity contribution >= 4 is 5.91 Å². The first-order chi connectivity index (χ1) is 7.29. The van der Waals surface area contributed by atoms with Crippen LogP contribution in [0.2, 0.25) is 0 Å². The molecule has 0 bridgehead atoms. The molecule has 0 spiro atoms. The minimum Gasteiger partial charge on any atom is -0.335 e. The van der Waals surface area contributed by atoms with Gasteiger partial charge < -0.3 is 4.90 Å². The number of likely N-dealkylation sites (tertiary alicyclic amines) is 1. The van der Waals surface area contributed by atoms with Crippen molar-refractivity contribution in [3.05, 3.63) is 11.9 Å². The summed E-state index contributed by atoms with van der Waals surface area (Å²) in [6.45, 7) is 2.94. The smallest absolute Gasteiger partial charge is 0.276 e. The lowest BCUT2D eigenvalue weighted by Gasteiger charge is -2.26. The number of aromatic amines is 1. The normalized spacial score (nSPS) is 22.5. The zero-order chi connectivity index (χ0) is 10.7. The molecule has 1 saturated heterocycles. The molecule has 2 rings (SSSR count). The van der Waals surface area contributed by atoms with E-state index in [0.717, 1.165) is 19.4 Å². The van der Waals surface area contributed by atoms with Crippen LogP contribution in [0.4, 0.5) is 0 Å². The summed E-state index contributed by atoms with van der Waals surface area (Å²) in [5.41, 5.74) is 0.420. The maximum absolute atomic E-state index is 12.0. The lowest BCUT2D eigenvalue weighted by molar-refractivity contribution is 0.0692. The average Bonchev–Trinajstić information content (AvgIpc) is 2.68. The average molecular weight is 208 g/mol. The molecule has 1 atom stereocenters. The van der Waals surface area contributed by atoms with Crippen molar-refractivity contribution in [2.24, 2.45) is 0 Å². The quantitative estimate of drug-likeness (QED) is 0.754. The Hall–Kier alpha value is -1.39. The molecular formula is C10H16N4O. The molecule has 1 fully saturated rings. The molecule has 1 aromatic heterocycles. The number of hydrogen-bond acceptors (Lipinski definition) is 3. The van der Waals surface area contributed by atoms with E-state index in [1.807, 2.05) is 4.90 Å². The van der Waals surface area contributed by atoms with Gasteiger partial charge in [-0.3, -0.25) is 4.79 Å². The van der Waals surface area contributed by atoms with E-state index >= 15 is 0 Å². The minimum absolute atomic E-state index is 0.00171. The standard InChI is InChI=1S/C10H16N4O/c1-8-5-3-2-4-6-14(8)10(15)9-7-11-13-12-9/h7-8H,2-6H2,1H3,(H,11,12,13). The number of nitrogens with zero attached hydrogens (tertiary/aromatic N) is 3. The van der Waals surface area contributed by atoms with Crippen LogP contribution in [-0.4, -0.2) is 38.8 Å². The third-order valence-electron chi connectivity index (χ3n) is 2.95. The molecule has 1 aliphatic heterocycles. The molecule has 1 unspecified atom stereocenters. The van der Waals surface area contributed by atoms with Gasteiger partial charge in [0.2, 0.25) is 0 Å². The predicted molar refractivity (Wildman–Crippen MR) is 55.3 cm³/mol. The number of carbonyl (C=O) groups is 1. The summed E-state index contributed by atoms with van der Waals surface area (Å²) in [5.74, 6) is -0.00171. The fraction of sp³-hybridized carbons (Fsp3) is 0.700. The molecule has 82 valence electrons. The van der Waals surface area contributed by atoms with Gasteiger partial charge in [-0.2, -0.15) is 15.4 Å². The topological polar surface area (TPSA) is 61.9 Å². The van der Waals surface area contributed by atoms with Gasteiger partial charge in [-0.1, -0.05) is 12.8 Å². The number of aromatic nitrogens is 3. The molecule has 0 radical (unpaired) electrons. The van der Waals surface area contributed by atoms with Crippen LogP contribution in [0.3, 0.4) is 0 Å². The summed E-state index contributed by atoms with van der Waals surface area (Å²) in [5, 5.41) is 9.96. The molecular weight excluding hydrogens is 192 g/mol. The van der Waals surface area contributed by atoms with Crippen LogP contribution in [0.25, 0.3) is 0 Å². The fourth-order valence-electron chi connectivity index (χ4n) is 2.03. The monoisotopic (exact) mass is 208 g/mol. The number of nitrogens with one attached hydrogen (secondary N) is 1. The van der Waals surface area contributed by atoms with Crippen LogP contribution >= 0.6 is 0 Å². The lowest BCUT2D eigenvalue weighted by atomic mass is 10.1. The highest BCUT2D eigenvalue weighted by atomic mass is 16.2. The number of rotatable bonds is 1. The Labute approximate surface area is 88.9 Å². The van der Waals surface area contributed by atoms with Crippen molar-refractivity contribution in [2.45, 2.75) is 38.6 Å². The molecule has 1 aromatic rings. The maximum Gasteiger partial charge on any atom is 0.276 e. The highest BCUT2D eigenvalue weighted by molar-refractivity contribution is 5.92. The number of amides is 1. The molecule has 0 saturated carbocycles. The van der Waals surface area contributed by atoms with Gasteiger partial charge in [0.25, 0.3) is 5.91 Å². The third-order valence-corrected chi connectivity index (χ3v) is 2.95. The van der Waals surface area contributed by atoms with E-state index in [9.17, 15) is 4.79 Å². The Morgan fingerprint density at radius 1 is 1.53 bits per heavy atom. The van der Waals surface area contributed by atoms with Crippen LogP contribution < -0.4 is 0 Å². The minimum atomic E-state index is -0.00171. The molecule has 5 nitrogen and oxygen atoms in total. The molecule has 0 aliphatic carbocycles. The van der Waals surface area contributed by atoms with Gasteiger partial charge in [0, 0.05) is 12.6 Å². The van der Waals surface area contributed by atoms with E-state index in [1.165, 1.54) is 19.0 Å². The zero-order valence-corrected chi connectivity index (χ0v) is 8.94. The first kappa shape index (κ1) is 10.1. The van der Waals surface area contributed by atoms with E-state index in [2.05, 4.69) is 22.3 Å². The van der Waals surface area contributed by atoms with Gasteiger partial charge in [0.15, 0.2) is 5.69 Å². The Balaban J connectivity index is 2.11. The molecule has 1 amide bonds. The van der Waals surface area contributed by atoms with Crippen LogP contribution in [0, 0.1) is 0 Å². The summed E-state index contributed by atoms with van der Waals surface area (Å²) in [6, 6.07) is 0.316. The second-order valence-corrected chi connectivity index (χ2v) is 4.05. The SMILES string of the molecule is CC1CCCCCN1C(=O)c1cn[nH]n1. The second kappa shape index (κ2) is 4.42. The first-order valence-electron chi connectivity index (χ1n) is 5.46. The van der Waals surface area contributed by atoms with E-state index in [1.54, 1.807) is 0 Å². The Kier molecular flexibility index (Phi) is 2.99. The second-order valence-electron chi connectivity index (χ2n) is 4.05. The fourth-order valence-corrected chi connectivity index (χ4v) is 2.03. The third kappa shape index (κ3) is 2.16. The van der Waals surface area contributed by atoms with Gasteiger partial charge in [-0.15, -0.1) is 0 Å². The highest BCUT2D eigenvalue weighted by Crippen LogP contribution is 2.17. The summed E-state index contributed by atoms with van der Waals surface area (Å²) < 4.78 is 0. The van der Waals surface area contributed by atoms with Crippen molar-refractivity contribution < 1.29 is 4.79 Å². The van der Waals surface area contributed by atoms with Gasteiger partial charge in [-0.25, -0.2) is 0 Å². The van der Waals surface area contributed by atoms with Crippen molar-refractivity contribution in [3.8, 4) is 0 Å². The summed E-state index contributed by atoms with van der Waals surface area (Å²) >= 11 is 0. The largest absolute Gasteiger partial charge is 0.335 e. The molecule has 1 N–H and O–H groups in total. The Morgan fingerprint density at radius 3 is 3.13 bits per heavy atom. The number of H-pyrrole nitrogens is 1. The lowest BCUT2D eigenvalue weighted by Crippen LogP contribution is -2.38. The van der Waals surface area contributed by atoms with E-state index in [-0.39, 0.29) is 5.91 Å². The molecule has 0 aromatic carbocycles. The van der Waals surface area contributed by atoms with Gasteiger partial charge in [-0.05, 0) is 19.8 Å². The van der Waals surface area contributed by atoms with E-state index in [4.69, 9.17) is 0 Å². The molecule has 2 heterocycles. The van der Waals surface area contributed by atoms with Crippen molar-refractivity contribution in [3.63, 3.8) is 0 Å². The summed E-state index contributed by atoms with van der Waals surface area (Å²) in [4.78, 5) is 13.9. The van der Waals surface area contributed by atoms with Crippen LogP contribution in [-0.2, 0) is 0 Å². The van der Waals surface area contributed by atoms with Crippen molar-refractivity contribution in [2.75, 3.05) is 6.54 Å². The Bertz CT molecular complexity index is 322. The first-order valence-corrected chi connectivity index (χ1v) is 5.46.